The average molecular weight is 473 g/mol. The van der Waals surface area contributed by atoms with Gasteiger partial charge < -0.3 is 10.6 Å². The van der Waals surface area contributed by atoms with Gasteiger partial charge in [-0.05, 0) is 45.3 Å². The molecular weight excluding hydrogens is 452 g/mol. The lowest BCUT2D eigenvalue weighted by Gasteiger charge is -2.09. The number of carbonyl (C=O) groups is 2. The lowest BCUT2D eigenvalue weighted by atomic mass is 10.1. The molecule has 1 aromatic heterocycles. The number of nitrogens with one attached hydrogen (secondary N) is 2. The highest BCUT2D eigenvalue weighted by Gasteiger charge is 2.14. The number of amides is 2. The number of nitrogens with zero attached hydrogens (tertiary/aromatic N) is 2. The number of aromatic nitrogens is 2. The topological polar surface area (TPSA) is 84.0 Å². The maximum atomic E-state index is 12.4. The van der Waals surface area contributed by atoms with E-state index in [1.807, 2.05) is 42.5 Å². The summed E-state index contributed by atoms with van der Waals surface area (Å²) < 4.78 is 0.525. The molecule has 0 saturated carbocycles. The van der Waals surface area contributed by atoms with Gasteiger partial charge in [0.2, 0.25) is 5.91 Å². The van der Waals surface area contributed by atoms with E-state index < -0.39 is 0 Å². The molecule has 3 aromatic rings. The Labute approximate surface area is 182 Å². The molecule has 29 heavy (non-hydrogen) atoms. The molecule has 150 valence electrons. The first-order valence-corrected chi connectivity index (χ1v) is 11.1. The van der Waals surface area contributed by atoms with Crippen LogP contribution in [0.15, 0.2) is 58.3 Å². The van der Waals surface area contributed by atoms with Crippen LogP contribution in [-0.2, 0) is 4.79 Å². The van der Waals surface area contributed by atoms with Gasteiger partial charge in [0.15, 0.2) is 5.16 Å². The summed E-state index contributed by atoms with van der Waals surface area (Å²) in [5.41, 5.74) is 1.00. The third kappa shape index (κ3) is 6.01. The van der Waals surface area contributed by atoms with Gasteiger partial charge in [0.25, 0.3) is 5.91 Å². The Kier molecular flexibility index (Phi) is 7.60. The second kappa shape index (κ2) is 10.4. The summed E-state index contributed by atoms with van der Waals surface area (Å²) in [5, 5.41) is 8.34. The molecule has 0 unspecified atom stereocenters. The number of fused-ring (bicyclic) bond motifs is 1. The van der Waals surface area contributed by atoms with Crippen LogP contribution in [0, 0.1) is 0 Å². The minimum absolute atomic E-state index is 0.165. The fourth-order valence-corrected chi connectivity index (χ4v) is 3.68. The molecule has 2 aromatic carbocycles. The second-order valence-corrected chi connectivity index (χ2v) is 8.23. The zero-order valence-electron chi connectivity index (χ0n) is 15.9. The van der Waals surface area contributed by atoms with Crippen molar-refractivity contribution >= 4 is 56.0 Å². The van der Waals surface area contributed by atoms with Crippen LogP contribution in [0.1, 0.15) is 30.3 Å². The Balaban J connectivity index is 1.52. The number of thioether (sulfide) groups is 1. The average Bonchev–Trinajstić information content (AvgIpc) is 2.73. The SMILES string of the molecule is CCCSc1ncc(Br)c(C(=O)NCCC(=O)Nc2ccc3ccccc3c2)n1. The lowest BCUT2D eigenvalue weighted by molar-refractivity contribution is -0.116. The van der Waals surface area contributed by atoms with Gasteiger partial charge in [-0.2, -0.15) is 0 Å². The van der Waals surface area contributed by atoms with E-state index in [1.165, 1.54) is 11.8 Å². The van der Waals surface area contributed by atoms with Gasteiger partial charge in [-0.1, -0.05) is 49.0 Å². The van der Waals surface area contributed by atoms with E-state index in [4.69, 9.17) is 0 Å². The van der Waals surface area contributed by atoms with Crippen LogP contribution in [0.3, 0.4) is 0 Å². The van der Waals surface area contributed by atoms with Gasteiger partial charge in [-0.15, -0.1) is 0 Å². The van der Waals surface area contributed by atoms with E-state index in [9.17, 15) is 9.59 Å². The summed E-state index contributed by atoms with van der Waals surface area (Å²) >= 11 is 4.81. The standard InChI is InChI=1S/C21H21BrN4O2S/c1-2-11-29-21-24-13-17(22)19(26-21)20(28)23-10-9-18(27)25-16-8-7-14-5-3-4-6-15(14)12-16/h3-8,12-13H,2,9-11H2,1H3,(H,23,28)(H,25,27). The zero-order valence-corrected chi connectivity index (χ0v) is 18.3. The molecule has 0 spiro atoms. The third-order valence-electron chi connectivity index (χ3n) is 4.04. The Morgan fingerprint density at radius 3 is 2.72 bits per heavy atom. The largest absolute Gasteiger partial charge is 0.350 e. The van der Waals surface area contributed by atoms with Gasteiger partial charge >= 0.3 is 0 Å². The molecule has 0 aliphatic rings. The Morgan fingerprint density at radius 1 is 1.14 bits per heavy atom. The minimum Gasteiger partial charge on any atom is -0.350 e. The molecule has 0 aliphatic heterocycles. The van der Waals surface area contributed by atoms with E-state index in [0.717, 1.165) is 28.6 Å². The van der Waals surface area contributed by atoms with Gasteiger partial charge in [-0.3, -0.25) is 9.59 Å². The molecule has 1 heterocycles. The fourth-order valence-electron chi connectivity index (χ4n) is 2.64. The molecule has 0 bridgehead atoms. The van der Waals surface area contributed by atoms with Gasteiger partial charge in [-0.25, -0.2) is 9.97 Å². The predicted molar refractivity (Wildman–Crippen MR) is 120 cm³/mol. The number of halogens is 1. The van der Waals surface area contributed by atoms with Crippen molar-refractivity contribution in [1.29, 1.82) is 0 Å². The number of hydrogen-bond donors (Lipinski definition) is 2. The summed E-state index contributed by atoms with van der Waals surface area (Å²) in [4.78, 5) is 33.1. The summed E-state index contributed by atoms with van der Waals surface area (Å²) in [6.07, 6.45) is 2.74. The summed E-state index contributed by atoms with van der Waals surface area (Å²) in [6.45, 7) is 2.29. The molecule has 8 heteroatoms. The van der Waals surface area contributed by atoms with Gasteiger partial charge in [0, 0.05) is 30.6 Å². The first-order chi connectivity index (χ1) is 14.1. The highest BCUT2D eigenvalue weighted by molar-refractivity contribution is 9.10. The van der Waals surface area contributed by atoms with Crippen LogP contribution >= 0.6 is 27.7 Å². The summed E-state index contributed by atoms with van der Waals surface area (Å²) in [5.74, 6) is 0.384. The number of benzene rings is 2. The quantitative estimate of drug-likeness (QED) is 0.368. The van der Waals surface area contributed by atoms with E-state index in [2.05, 4.69) is 43.5 Å². The number of anilines is 1. The van der Waals surface area contributed by atoms with E-state index >= 15 is 0 Å². The maximum absolute atomic E-state index is 12.4. The Hall–Kier alpha value is -2.45. The minimum atomic E-state index is -0.337. The lowest BCUT2D eigenvalue weighted by Crippen LogP contribution is -2.28. The highest BCUT2D eigenvalue weighted by atomic mass is 79.9. The van der Waals surface area contributed by atoms with E-state index in [0.29, 0.717) is 9.63 Å². The molecule has 0 radical (unpaired) electrons. The van der Waals surface area contributed by atoms with Crippen LogP contribution in [0.25, 0.3) is 10.8 Å². The van der Waals surface area contributed by atoms with Gasteiger partial charge in [0.05, 0.1) is 4.47 Å². The molecule has 0 atom stereocenters. The normalized spacial score (nSPS) is 10.7. The monoisotopic (exact) mass is 472 g/mol. The van der Waals surface area contributed by atoms with Gasteiger partial charge in [0.1, 0.15) is 5.69 Å². The van der Waals surface area contributed by atoms with Crippen LogP contribution in [0.2, 0.25) is 0 Å². The maximum Gasteiger partial charge on any atom is 0.271 e. The van der Waals surface area contributed by atoms with E-state index in [-0.39, 0.29) is 30.5 Å². The fraction of sp³-hybridized carbons (Fsp3) is 0.238. The van der Waals surface area contributed by atoms with Crippen LogP contribution < -0.4 is 10.6 Å². The zero-order chi connectivity index (χ0) is 20.6. The van der Waals surface area contributed by atoms with Crippen molar-refractivity contribution in [3.8, 4) is 0 Å². The molecule has 3 rings (SSSR count). The smallest absolute Gasteiger partial charge is 0.271 e. The van der Waals surface area contributed by atoms with Crippen molar-refractivity contribution in [2.45, 2.75) is 24.9 Å². The van der Waals surface area contributed by atoms with E-state index in [1.54, 1.807) is 6.20 Å². The summed E-state index contributed by atoms with van der Waals surface area (Å²) in [7, 11) is 0. The number of rotatable bonds is 8. The van der Waals surface area contributed by atoms with Crippen molar-refractivity contribution in [2.75, 3.05) is 17.6 Å². The number of hydrogen-bond acceptors (Lipinski definition) is 5. The van der Waals surface area contributed by atoms with Crippen LogP contribution in [0.5, 0.6) is 0 Å². The highest BCUT2D eigenvalue weighted by Crippen LogP contribution is 2.20. The molecule has 0 fully saturated rings. The third-order valence-corrected chi connectivity index (χ3v) is 5.69. The molecule has 2 N–H and O–H groups in total. The first kappa shape index (κ1) is 21.3. The first-order valence-electron chi connectivity index (χ1n) is 9.29. The van der Waals surface area contributed by atoms with Crippen molar-refractivity contribution in [1.82, 2.24) is 15.3 Å². The predicted octanol–water partition coefficient (Wildman–Crippen LogP) is 4.65. The van der Waals surface area contributed by atoms with Crippen molar-refractivity contribution in [2.24, 2.45) is 0 Å². The molecule has 0 aliphatic carbocycles. The molecular formula is C21H21BrN4O2S. The van der Waals surface area contributed by atoms with Crippen molar-refractivity contribution < 1.29 is 9.59 Å². The summed E-state index contributed by atoms with van der Waals surface area (Å²) in [6, 6.07) is 13.7. The molecule has 2 amide bonds. The second-order valence-electron chi connectivity index (χ2n) is 6.31. The van der Waals surface area contributed by atoms with Crippen LogP contribution in [0.4, 0.5) is 5.69 Å². The number of carbonyl (C=O) groups excluding carboxylic acids is 2. The van der Waals surface area contributed by atoms with Crippen LogP contribution in [-0.4, -0.2) is 34.1 Å². The van der Waals surface area contributed by atoms with Crippen molar-refractivity contribution in [3.05, 3.63) is 58.8 Å². The molecule has 0 saturated heterocycles. The van der Waals surface area contributed by atoms with Crippen molar-refractivity contribution in [3.63, 3.8) is 0 Å². The Bertz CT molecular complexity index is 1030. The molecule has 6 nitrogen and oxygen atoms in total. The Morgan fingerprint density at radius 2 is 1.93 bits per heavy atom.